The van der Waals surface area contributed by atoms with Gasteiger partial charge in [-0.3, -0.25) is 3.59 Å². The lowest BCUT2D eigenvalue weighted by molar-refractivity contribution is 0.757. The zero-order chi connectivity index (χ0) is 8.97. The minimum absolute atomic E-state index is 0.929. The van der Waals surface area contributed by atoms with Gasteiger partial charge >= 0.3 is 0 Å². The predicted octanol–water partition coefficient (Wildman–Crippen LogP) is 3.03. The van der Waals surface area contributed by atoms with Crippen molar-refractivity contribution in [2.45, 2.75) is 26.2 Å². The number of imidazole rings is 1. The second-order valence-corrected chi connectivity index (χ2v) is 3.47. The van der Waals surface area contributed by atoms with Gasteiger partial charge < -0.3 is 0 Å². The molecule has 0 aromatic carbocycles. The van der Waals surface area contributed by atoms with Gasteiger partial charge in [-0.05, 0) is 12.5 Å². The summed E-state index contributed by atoms with van der Waals surface area (Å²) >= 11 is 3.39. The van der Waals surface area contributed by atoms with E-state index in [0.717, 1.165) is 17.9 Å². The quantitative estimate of drug-likeness (QED) is 0.775. The molecule has 0 atom stereocenters. The van der Waals surface area contributed by atoms with Crippen molar-refractivity contribution >= 4 is 22.2 Å². The molecule has 66 valence electrons. The predicted molar refractivity (Wildman–Crippen MR) is 55.3 cm³/mol. The highest BCUT2D eigenvalue weighted by molar-refractivity contribution is 9.08. The van der Waals surface area contributed by atoms with E-state index in [0.29, 0.717) is 0 Å². The number of hydrogen-bond donors (Lipinski definition) is 0. The summed E-state index contributed by atoms with van der Waals surface area (Å²) in [5.41, 5.74) is 0.929. The molecule has 0 spiro atoms. The SMILES string of the molecule is C=Cc1cn(Br)c(CCCC)n1. The third-order valence-corrected chi connectivity index (χ3v) is 2.33. The number of unbranched alkanes of at least 4 members (excludes halogenated alkanes) is 1. The third kappa shape index (κ3) is 2.21. The first-order valence-corrected chi connectivity index (χ1v) is 4.85. The molecule has 0 radical (unpaired) electrons. The molecule has 3 heteroatoms. The number of aromatic nitrogens is 2. The normalized spacial score (nSPS) is 10.2. The van der Waals surface area contributed by atoms with Crippen LogP contribution in [-0.2, 0) is 6.42 Å². The maximum absolute atomic E-state index is 4.36. The molecule has 2 nitrogen and oxygen atoms in total. The van der Waals surface area contributed by atoms with E-state index in [1.165, 1.54) is 12.8 Å². The Morgan fingerprint density at radius 2 is 2.50 bits per heavy atom. The lowest BCUT2D eigenvalue weighted by Gasteiger charge is -1.95. The molecule has 0 fully saturated rings. The Balaban J connectivity index is 2.70. The Morgan fingerprint density at radius 3 is 3.00 bits per heavy atom. The van der Waals surface area contributed by atoms with Crippen molar-refractivity contribution < 1.29 is 0 Å². The van der Waals surface area contributed by atoms with E-state index in [1.54, 1.807) is 6.08 Å². The summed E-state index contributed by atoms with van der Waals surface area (Å²) in [5, 5.41) is 0. The van der Waals surface area contributed by atoms with E-state index in [9.17, 15) is 0 Å². The smallest absolute Gasteiger partial charge is 0.119 e. The molecule has 1 aromatic rings. The van der Waals surface area contributed by atoms with E-state index in [2.05, 4.69) is 34.6 Å². The van der Waals surface area contributed by atoms with Gasteiger partial charge in [0.1, 0.15) is 5.82 Å². The van der Waals surface area contributed by atoms with E-state index in [1.807, 2.05) is 9.79 Å². The Kier molecular flexibility index (Phi) is 3.53. The van der Waals surface area contributed by atoms with Gasteiger partial charge in [-0.15, -0.1) is 0 Å². The topological polar surface area (TPSA) is 17.8 Å². The number of halogens is 1. The monoisotopic (exact) mass is 228 g/mol. The summed E-state index contributed by atoms with van der Waals surface area (Å²) in [6.45, 7) is 5.85. The van der Waals surface area contributed by atoms with Gasteiger partial charge in [0.05, 0.1) is 21.8 Å². The molecule has 0 saturated carbocycles. The molecule has 1 rings (SSSR count). The summed E-state index contributed by atoms with van der Waals surface area (Å²) in [6, 6.07) is 0. The van der Waals surface area contributed by atoms with Crippen LogP contribution in [0.25, 0.3) is 6.08 Å². The maximum atomic E-state index is 4.36. The van der Waals surface area contributed by atoms with Crippen LogP contribution < -0.4 is 0 Å². The van der Waals surface area contributed by atoms with E-state index in [-0.39, 0.29) is 0 Å². The van der Waals surface area contributed by atoms with Gasteiger partial charge in [-0.2, -0.15) is 0 Å². The largest absolute Gasteiger partial charge is 0.269 e. The Labute approximate surface area is 81.6 Å². The first-order chi connectivity index (χ1) is 5.77. The fourth-order valence-corrected chi connectivity index (χ4v) is 1.48. The molecule has 0 amide bonds. The zero-order valence-electron chi connectivity index (χ0n) is 7.26. The maximum Gasteiger partial charge on any atom is 0.119 e. The second kappa shape index (κ2) is 4.45. The van der Waals surface area contributed by atoms with Crippen LogP contribution in [-0.4, -0.2) is 8.58 Å². The van der Waals surface area contributed by atoms with Crippen LogP contribution in [0.5, 0.6) is 0 Å². The number of aryl methyl sites for hydroxylation is 1. The number of nitrogens with zero attached hydrogens (tertiary/aromatic N) is 2. The highest BCUT2D eigenvalue weighted by Crippen LogP contribution is 2.10. The average molecular weight is 229 g/mol. The first-order valence-electron chi connectivity index (χ1n) is 4.14. The average Bonchev–Trinajstić information content (AvgIpc) is 2.43. The molecule has 0 aliphatic heterocycles. The lowest BCUT2D eigenvalue weighted by Crippen LogP contribution is -1.91. The van der Waals surface area contributed by atoms with Crippen LogP contribution in [0.4, 0.5) is 0 Å². The molecule has 0 saturated heterocycles. The summed E-state index contributed by atoms with van der Waals surface area (Å²) in [7, 11) is 0. The van der Waals surface area contributed by atoms with Crippen molar-refractivity contribution in [1.82, 2.24) is 8.58 Å². The minimum Gasteiger partial charge on any atom is -0.269 e. The van der Waals surface area contributed by atoms with Crippen molar-refractivity contribution in [2.24, 2.45) is 0 Å². The van der Waals surface area contributed by atoms with Crippen molar-refractivity contribution in [2.75, 3.05) is 0 Å². The summed E-state index contributed by atoms with van der Waals surface area (Å²) in [5.74, 6) is 1.08. The van der Waals surface area contributed by atoms with Crippen LogP contribution in [0, 0.1) is 0 Å². The van der Waals surface area contributed by atoms with Gasteiger partial charge in [-0.25, -0.2) is 4.98 Å². The summed E-state index contributed by atoms with van der Waals surface area (Å²) in [6.07, 6.45) is 7.09. The Bertz CT molecular complexity index is 265. The third-order valence-electron chi connectivity index (χ3n) is 1.71. The highest BCUT2D eigenvalue weighted by atomic mass is 79.9. The van der Waals surface area contributed by atoms with Gasteiger partial charge in [0.2, 0.25) is 0 Å². The molecular formula is C9H13BrN2. The van der Waals surface area contributed by atoms with Crippen LogP contribution >= 0.6 is 16.1 Å². The lowest BCUT2D eigenvalue weighted by atomic mass is 10.2. The van der Waals surface area contributed by atoms with Crippen molar-refractivity contribution in [3.8, 4) is 0 Å². The van der Waals surface area contributed by atoms with Crippen molar-refractivity contribution in [3.05, 3.63) is 24.3 Å². The Morgan fingerprint density at radius 1 is 1.75 bits per heavy atom. The molecule has 0 N–H and O–H groups in total. The molecule has 12 heavy (non-hydrogen) atoms. The first kappa shape index (κ1) is 9.52. The van der Waals surface area contributed by atoms with Crippen LogP contribution in [0.2, 0.25) is 0 Å². The molecule has 0 bridgehead atoms. The molecule has 0 aliphatic rings. The van der Waals surface area contributed by atoms with E-state index in [4.69, 9.17) is 0 Å². The summed E-state index contributed by atoms with van der Waals surface area (Å²) in [4.78, 5) is 4.36. The number of hydrogen-bond acceptors (Lipinski definition) is 1. The minimum atomic E-state index is 0.929. The fourth-order valence-electron chi connectivity index (χ4n) is 1.01. The van der Waals surface area contributed by atoms with Gasteiger partial charge in [-0.1, -0.05) is 19.9 Å². The molecule has 0 unspecified atom stereocenters. The highest BCUT2D eigenvalue weighted by Gasteiger charge is 2.02. The van der Waals surface area contributed by atoms with Gasteiger partial charge in [0.15, 0.2) is 0 Å². The van der Waals surface area contributed by atoms with E-state index < -0.39 is 0 Å². The standard InChI is InChI=1S/C9H13BrN2/c1-3-5-6-9-11-8(4-2)7-12(9)10/h4,7H,2-3,5-6H2,1H3. The van der Waals surface area contributed by atoms with Gasteiger partial charge in [0, 0.05) is 12.6 Å². The van der Waals surface area contributed by atoms with Crippen molar-refractivity contribution in [3.63, 3.8) is 0 Å². The molecule has 1 heterocycles. The van der Waals surface area contributed by atoms with Crippen LogP contribution in [0.3, 0.4) is 0 Å². The van der Waals surface area contributed by atoms with Crippen molar-refractivity contribution in [1.29, 1.82) is 0 Å². The summed E-state index contributed by atoms with van der Waals surface area (Å²) < 4.78 is 1.89. The van der Waals surface area contributed by atoms with Gasteiger partial charge in [0.25, 0.3) is 0 Å². The van der Waals surface area contributed by atoms with Crippen LogP contribution in [0.1, 0.15) is 31.3 Å². The molecule has 1 aromatic heterocycles. The Hall–Kier alpha value is -0.570. The second-order valence-electron chi connectivity index (χ2n) is 2.70. The van der Waals surface area contributed by atoms with Crippen LogP contribution in [0.15, 0.2) is 12.8 Å². The van der Waals surface area contributed by atoms with E-state index >= 15 is 0 Å². The zero-order valence-corrected chi connectivity index (χ0v) is 8.84. The number of rotatable bonds is 4. The fraction of sp³-hybridized carbons (Fsp3) is 0.444. The molecular weight excluding hydrogens is 216 g/mol. The molecule has 0 aliphatic carbocycles.